The van der Waals surface area contributed by atoms with Gasteiger partial charge in [-0.2, -0.15) is 13.2 Å². The Morgan fingerprint density at radius 3 is 2.67 bits per heavy atom. The number of halogens is 5. The minimum Gasteiger partial charge on any atom is -0.465 e. The molecule has 0 spiro atoms. The summed E-state index contributed by atoms with van der Waals surface area (Å²) in [5.41, 5.74) is -2.50. The van der Waals surface area contributed by atoms with E-state index in [9.17, 15) is 31.5 Å². The number of carboxylic acid groups (broad SMARTS) is 1. The smallest absolute Gasteiger partial charge is 0.434 e. The van der Waals surface area contributed by atoms with Crippen LogP contribution in [0.4, 0.5) is 32.4 Å². The molecule has 0 radical (unpaired) electrons. The molecule has 1 aromatic heterocycles. The Morgan fingerprint density at radius 1 is 1.43 bits per heavy atom. The SMILES string of the molecule is CC(Nc1cc(-c2n[nH]c(=O)o2)cc(F)c1C(F)(F)F)[C@H]1CCN(C(=O)O)C[C@H]1F. The van der Waals surface area contributed by atoms with Crippen molar-refractivity contribution in [3.63, 3.8) is 0 Å². The van der Waals surface area contributed by atoms with Gasteiger partial charge in [0.2, 0.25) is 5.89 Å². The van der Waals surface area contributed by atoms with E-state index in [-0.39, 0.29) is 18.5 Å². The Morgan fingerprint density at radius 2 is 2.13 bits per heavy atom. The van der Waals surface area contributed by atoms with E-state index < -0.39 is 65.7 Å². The number of nitrogens with zero attached hydrogens (tertiary/aromatic N) is 2. The van der Waals surface area contributed by atoms with E-state index in [1.807, 2.05) is 5.10 Å². The first-order valence-corrected chi connectivity index (χ1v) is 8.82. The predicted octanol–water partition coefficient (Wildman–Crippen LogP) is 3.33. The fourth-order valence-electron chi connectivity index (χ4n) is 3.50. The highest BCUT2D eigenvalue weighted by Gasteiger charge is 2.40. The second kappa shape index (κ2) is 7.95. The van der Waals surface area contributed by atoms with Crippen molar-refractivity contribution in [2.45, 2.75) is 31.7 Å². The molecule has 2 aromatic rings. The minimum atomic E-state index is -5.06. The number of alkyl halides is 4. The lowest BCUT2D eigenvalue weighted by Crippen LogP contribution is -2.48. The largest absolute Gasteiger partial charge is 0.465 e. The van der Waals surface area contributed by atoms with E-state index in [0.29, 0.717) is 6.07 Å². The third-order valence-corrected chi connectivity index (χ3v) is 4.95. The maximum atomic E-state index is 14.5. The summed E-state index contributed by atoms with van der Waals surface area (Å²) in [7, 11) is 0. The van der Waals surface area contributed by atoms with Crippen LogP contribution in [0.15, 0.2) is 21.3 Å². The van der Waals surface area contributed by atoms with Crippen LogP contribution in [0.2, 0.25) is 0 Å². The molecule has 3 N–H and O–H groups in total. The van der Waals surface area contributed by atoms with Crippen LogP contribution in [0.5, 0.6) is 0 Å². The van der Waals surface area contributed by atoms with Crippen molar-refractivity contribution in [2.75, 3.05) is 18.4 Å². The Hall–Kier alpha value is -3.12. The van der Waals surface area contributed by atoms with Crippen LogP contribution in [0.1, 0.15) is 18.9 Å². The van der Waals surface area contributed by atoms with E-state index in [0.717, 1.165) is 11.0 Å². The van der Waals surface area contributed by atoms with Gasteiger partial charge in [-0.15, -0.1) is 5.10 Å². The summed E-state index contributed by atoms with van der Waals surface area (Å²) >= 11 is 0. The summed E-state index contributed by atoms with van der Waals surface area (Å²) < 4.78 is 73.8. The lowest BCUT2D eigenvalue weighted by atomic mass is 9.88. The molecule has 8 nitrogen and oxygen atoms in total. The molecule has 0 aliphatic carbocycles. The van der Waals surface area contributed by atoms with Gasteiger partial charge >= 0.3 is 18.0 Å². The molecule has 1 amide bonds. The van der Waals surface area contributed by atoms with Gasteiger partial charge in [0.05, 0.1) is 12.2 Å². The van der Waals surface area contributed by atoms with Gasteiger partial charge in [0.25, 0.3) is 0 Å². The Balaban J connectivity index is 1.92. The first kappa shape index (κ1) is 21.6. The molecule has 13 heteroatoms. The molecular weight excluding hydrogens is 419 g/mol. The molecule has 1 saturated heterocycles. The number of piperidine rings is 1. The fraction of sp³-hybridized carbons (Fsp3) is 0.471. The van der Waals surface area contributed by atoms with E-state index in [1.165, 1.54) is 6.92 Å². The van der Waals surface area contributed by atoms with Gasteiger partial charge in [0, 0.05) is 24.1 Å². The molecule has 0 saturated carbocycles. The molecule has 3 rings (SSSR count). The number of amides is 1. The van der Waals surface area contributed by atoms with Gasteiger partial charge in [-0.05, 0) is 25.5 Å². The second-order valence-corrected chi connectivity index (χ2v) is 6.93. The lowest BCUT2D eigenvalue weighted by Gasteiger charge is -2.37. The van der Waals surface area contributed by atoms with Gasteiger partial charge in [-0.25, -0.2) is 23.5 Å². The van der Waals surface area contributed by atoms with E-state index in [2.05, 4.69) is 14.8 Å². The number of aromatic nitrogens is 2. The lowest BCUT2D eigenvalue weighted by molar-refractivity contribution is -0.139. The maximum absolute atomic E-state index is 14.5. The molecule has 1 aromatic carbocycles. The molecule has 1 unspecified atom stereocenters. The third kappa shape index (κ3) is 4.39. The normalized spacial score (nSPS) is 20.8. The minimum absolute atomic E-state index is 0.0192. The molecule has 1 aliphatic heterocycles. The predicted molar refractivity (Wildman–Crippen MR) is 93.2 cm³/mol. The summed E-state index contributed by atoms with van der Waals surface area (Å²) in [6.07, 6.45) is -7.89. The zero-order valence-corrected chi connectivity index (χ0v) is 15.5. The van der Waals surface area contributed by atoms with Crippen molar-refractivity contribution in [1.82, 2.24) is 15.1 Å². The summed E-state index contributed by atoms with van der Waals surface area (Å²) in [5, 5.41) is 16.8. The highest BCUT2D eigenvalue weighted by atomic mass is 19.4. The summed E-state index contributed by atoms with van der Waals surface area (Å²) in [5.74, 6) is -3.82. The average Bonchev–Trinajstić information content (AvgIpc) is 3.06. The van der Waals surface area contributed by atoms with Crippen molar-refractivity contribution in [1.29, 1.82) is 0 Å². The van der Waals surface area contributed by atoms with Crippen LogP contribution >= 0.6 is 0 Å². The van der Waals surface area contributed by atoms with E-state index >= 15 is 0 Å². The van der Waals surface area contributed by atoms with Crippen molar-refractivity contribution in [3.05, 3.63) is 34.1 Å². The number of nitrogens with one attached hydrogen (secondary N) is 2. The highest BCUT2D eigenvalue weighted by Crippen LogP contribution is 2.40. The van der Waals surface area contributed by atoms with Crippen LogP contribution in [-0.2, 0) is 6.18 Å². The number of carbonyl (C=O) groups is 1. The zero-order chi connectivity index (χ0) is 22.2. The van der Waals surface area contributed by atoms with E-state index in [4.69, 9.17) is 5.11 Å². The van der Waals surface area contributed by atoms with Gasteiger partial charge in [-0.1, -0.05) is 0 Å². The quantitative estimate of drug-likeness (QED) is 0.634. The molecule has 1 fully saturated rings. The molecule has 3 atom stereocenters. The highest BCUT2D eigenvalue weighted by molar-refractivity contribution is 5.66. The number of rotatable bonds is 4. The molecule has 164 valence electrons. The van der Waals surface area contributed by atoms with Crippen molar-refractivity contribution >= 4 is 11.8 Å². The van der Waals surface area contributed by atoms with Crippen molar-refractivity contribution < 1.29 is 36.3 Å². The molecule has 0 bridgehead atoms. The van der Waals surface area contributed by atoms with Crippen LogP contribution in [0, 0.1) is 11.7 Å². The third-order valence-electron chi connectivity index (χ3n) is 4.95. The van der Waals surface area contributed by atoms with Crippen molar-refractivity contribution in [3.8, 4) is 11.5 Å². The molecule has 1 aliphatic rings. The number of hydrogen-bond acceptors (Lipinski definition) is 5. The summed E-state index contributed by atoms with van der Waals surface area (Å²) in [6, 6.07) is 0.542. The molecular formula is C17H17F5N4O4. The van der Waals surface area contributed by atoms with Gasteiger partial charge in [-0.3, -0.25) is 0 Å². The number of H-pyrrole nitrogens is 1. The van der Waals surface area contributed by atoms with E-state index in [1.54, 1.807) is 0 Å². The van der Waals surface area contributed by atoms with Crippen LogP contribution in [0.3, 0.4) is 0 Å². The second-order valence-electron chi connectivity index (χ2n) is 6.93. The Bertz CT molecular complexity index is 989. The van der Waals surface area contributed by atoms with Crippen LogP contribution in [0.25, 0.3) is 11.5 Å². The zero-order valence-electron chi connectivity index (χ0n) is 15.5. The van der Waals surface area contributed by atoms with Crippen molar-refractivity contribution in [2.24, 2.45) is 5.92 Å². The standard InChI is InChI=1S/C17H17F5N4O4/c1-7(9-2-3-26(16(28)29)6-11(9)19)23-12-5-8(14-24-25-15(27)30-14)4-10(18)13(12)17(20,21)22/h4-5,7,9,11,23H,2-3,6H2,1H3,(H,25,27)(H,28,29)/t7?,9-,11-/m1/s1. The number of benzene rings is 1. The Labute approximate surface area is 165 Å². The first-order chi connectivity index (χ1) is 14.0. The number of aromatic amines is 1. The maximum Gasteiger partial charge on any atom is 0.434 e. The van der Waals surface area contributed by atoms with Gasteiger partial charge < -0.3 is 19.7 Å². The monoisotopic (exact) mass is 436 g/mol. The van der Waals surface area contributed by atoms with Crippen LogP contribution < -0.4 is 11.1 Å². The van der Waals surface area contributed by atoms with Gasteiger partial charge in [0.15, 0.2) is 0 Å². The number of hydrogen-bond donors (Lipinski definition) is 3. The molecule has 30 heavy (non-hydrogen) atoms. The molecule has 2 heterocycles. The number of likely N-dealkylation sites (tertiary alicyclic amines) is 1. The summed E-state index contributed by atoms with van der Waals surface area (Å²) in [4.78, 5) is 22.9. The average molecular weight is 436 g/mol. The van der Waals surface area contributed by atoms with Crippen LogP contribution in [-0.4, -0.2) is 51.6 Å². The van der Waals surface area contributed by atoms with Gasteiger partial charge in [0.1, 0.15) is 17.6 Å². The fourth-order valence-corrected chi connectivity index (χ4v) is 3.50. The first-order valence-electron chi connectivity index (χ1n) is 8.82. The topological polar surface area (TPSA) is 111 Å². The number of anilines is 1. The Kier molecular flexibility index (Phi) is 5.72. The summed E-state index contributed by atoms with van der Waals surface area (Å²) in [6.45, 7) is 1.03.